The normalized spacial score (nSPS) is 10.3. The minimum atomic E-state index is -0.367. The maximum absolute atomic E-state index is 13.4. The fourth-order valence-electron chi connectivity index (χ4n) is 1.59. The highest BCUT2D eigenvalue weighted by Crippen LogP contribution is 2.23. The highest BCUT2D eigenvalue weighted by atomic mass is 127. The average Bonchev–Trinajstić information content (AvgIpc) is 2.34. The van der Waals surface area contributed by atoms with Crippen molar-refractivity contribution in [2.24, 2.45) is 0 Å². The second-order valence-corrected chi connectivity index (χ2v) is 5.52. The number of nitrogens with one attached hydrogen (secondary N) is 1. The van der Waals surface area contributed by atoms with Gasteiger partial charge in [-0.05, 0) is 59.3 Å². The number of carbonyl (C=O) groups is 1. The number of amides is 1. The first-order chi connectivity index (χ1) is 8.99. The number of halogens is 3. The molecule has 2 aromatic carbocycles. The van der Waals surface area contributed by atoms with Crippen LogP contribution in [0.3, 0.4) is 0 Å². The molecular weight excluding hydrogens is 380 g/mol. The van der Waals surface area contributed by atoms with Gasteiger partial charge in [-0.3, -0.25) is 4.79 Å². The lowest BCUT2D eigenvalue weighted by Crippen LogP contribution is -2.13. The predicted octanol–water partition coefficient (Wildman–Crippen LogP) is 4.64. The molecule has 1 N–H and O–H groups in total. The van der Waals surface area contributed by atoms with E-state index in [1.807, 2.05) is 29.5 Å². The minimum Gasteiger partial charge on any atom is -0.321 e. The van der Waals surface area contributed by atoms with Crippen molar-refractivity contribution < 1.29 is 9.18 Å². The maximum atomic E-state index is 13.4. The van der Waals surface area contributed by atoms with Crippen molar-refractivity contribution in [3.05, 3.63) is 61.9 Å². The summed E-state index contributed by atoms with van der Waals surface area (Å²) in [6.45, 7) is 1.89. The van der Waals surface area contributed by atoms with E-state index in [4.69, 9.17) is 11.6 Å². The van der Waals surface area contributed by atoms with Gasteiger partial charge in [-0.25, -0.2) is 4.39 Å². The second kappa shape index (κ2) is 5.88. The van der Waals surface area contributed by atoms with Crippen LogP contribution in [-0.2, 0) is 0 Å². The number of hydrogen-bond acceptors (Lipinski definition) is 1. The van der Waals surface area contributed by atoms with Crippen LogP contribution in [0.5, 0.6) is 0 Å². The van der Waals surface area contributed by atoms with E-state index in [1.54, 1.807) is 30.3 Å². The van der Waals surface area contributed by atoms with Gasteiger partial charge >= 0.3 is 0 Å². The van der Waals surface area contributed by atoms with E-state index >= 15 is 0 Å². The van der Waals surface area contributed by atoms with Crippen LogP contribution >= 0.6 is 34.2 Å². The lowest BCUT2D eigenvalue weighted by molar-refractivity contribution is 0.102. The van der Waals surface area contributed by atoms with Crippen LogP contribution in [0.15, 0.2) is 36.4 Å². The van der Waals surface area contributed by atoms with Gasteiger partial charge in [0.1, 0.15) is 5.82 Å². The van der Waals surface area contributed by atoms with Crippen LogP contribution in [0.25, 0.3) is 0 Å². The van der Waals surface area contributed by atoms with Crippen LogP contribution < -0.4 is 5.32 Å². The van der Waals surface area contributed by atoms with E-state index in [-0.39, 0.29) is 11.7 Å². The average molecular weight is 390 g/mol. The Morgan fingerprint density at radius 3 is 2.74 bits per heavy atom. The summed E-state index contributed by atoms with van der Waals surface area (Å²) in [5, 5.41) is 3.04. The van der Waals surface area contributed by atoms with Crippen molar-refractivity contribution in [3.63, 3.8) is 0 Å². The van der Waals surface area contributed by atoms with Crippen molar-refractivity contribution in [2.45, 2.75) is 6.92 Å². The molecule has 19 heavy (non-hydrogen) atoms. The zero-order valence-electron chi connectivity index (χ0n) is 10.0. The lowest BCUT2D eigenvalue weighted by atomic mass is 10.1. The monoisotopic (exact) mass is 389 g/mol. The Kier molecular flexibility index (Phi) is 4.42. The molecule has 0 heterocycles. The van der Waals surface area contributed by atoms with Gasteiger partial charge in [0.25, 0.3) is 5.91 Å². The second-order valence-electron chi connectivity index (χ2n) is 4.04. The first kappa shape index (κ1) is 14.3. The molecule has 5 heteroatoms. The topological polar surface area (TPSA) is 29.1 Å². The minimum absolute atomic E-state index is 0.353. The molecule has 2 aromatic rings. The highest BCUT2D eigenvalue weighted by molar-refractivity contribution is 14.1. The zero-order chi connectivity index (χ0) is 14.0. The van der Waals surface area contributed by atoms with E-state index in [2.05, 4.69) is 5.32 Å². The highest BCUT2D eigenvalue weighted by Gasteiger charge is 2.13. The lowest BCUT2D eigenvalue weighted by Gasteiger charge is -2.09. The molecule has 0 radical (unpaired) electrons. The molecule has 0 saturated heterocycles. The third-order valence-electron chi connectivity index (χ3n) is 2.57. The van der Waals surface area contributed by atoms with Crippen LogP contribution in [-0.4, -0.2) is 5.91 Å². The summed E-state index contributed by atoms with van der Waals surface area (Å²) in [6, 6.07) is 9.70. The fraction of sp³-hybridized carbons (Fsp3) is 0.0714. The van der Waals surface area contributed by atoms with Gasteiger partial charge in [-0.15, -0.1) is 0 Å². The standard InChI is InChI=1S/C14H10ClFINO/c1-8-5-6-9(10(15)7-8)14(19)18-12-4-2-3-11(16)13(12)17/h2-7H,1H3,(H,18,19). The van der Waals surface area contributed by atoms with E-state index in [1.165, 1.54) is 6.07 Å². The smallest absolute Gasteiger partial charge is 0.257 e. The zero-order valence-corrected chi connectivity index (χ0v) is 12.9. The Morgan fingerprint density at radius 2 is 2.05 bits per heavy atom. The van der Waals surface area contributed by atoms with Crippen LogP contribution in [0.1, 0.15) is 15.9 Å². The molecule has 2 nitrogen and oxygen atoms in total. The quantitative estimate of drug-likeness (QED) is 0.745. The Bertz CT molecular complexity index is 645. The number of aryl methyl sites for hydroxylation is 1. The first-order valence-corrected chi connectivity index (χ1v) is 6.96. The maximum Gasteiger partial charge on any atom is 0.257 e. The summed E-state index contributed by atoms with van der Waals surface area (Å²) in [5.41, 5.74) is 1.77. The van der Waals surface area contributed by atoms with Crippen molar-refractivity contribution in [1.82, 2.24) is 0 Å². The summed E-state index contributed by atoms with van der Waals surface area (Å²) in [7, 11) is 0. The Hall–Kier alpha value is -1.14. The molecule has 0 spiro atoms. The Labute approximate surface area is 129 Å². The van der Waals surface area contributed by atoms with E-state index in [0.717, 1.165) is 5.56 Å². The van der Waals surface area contributed by atoms with Crippen LogP contribution in [0.4, 0.5) is 10.1 Å². The molecule has 1 amide bonds. The third-order valence-corrected chi connectivity index (χ3v) is 3.98. The summed E-state index contributed by atoms with van der Waals surface area (Å²) < 4.78 is 13.8. The molecule has 0 aliphatic rings. The summed E-state index contributed by atoms with van der Waals surface area (Å²) in [5.74, 6) is -0.720. The number of carbonyl (C=O) groups excluding carboxylic acids is 1. The van der Waals surface area contributed by atoms with E-state index in [9.17, 15) is 9.18 Å². The molecule has 98 valence electrons. The first-order valence-electron chi connectivity index (χ1n) is 5.50. The summed E-state index contributed by atoms with van der Waals surface area (Å²) in [6.07, 6.45) is 0. The van der Waals surface area contributed by atoms with Gasteiger partial charge in [-0.2, -0.15) is 0 Å². The van der Waals surface area contributed by atoms with E-state index < -0.39 is 0 Å². The molecule has 0 saturated carbocycles. The fourth-order valence-corrected chi connectivity index (χ4v) is 2.41. The molecule has 0 aliphatic heterocycles. The summed E-state index contributed by atoms with van der Waals surface area (Å²) >= 11 is 7.87. The molecule has 0 aliphatic carbocycles. The van der Waals surface area contributed by atoms with Gasteiger partial charge in [-0.1, -0.05) is 23.7 Å². The number of anilines is 1. The molecule has 0 fully saturated rings. The van der Waals surface area contributed by atoms with Crippen molar-refractivity contribution in [1.29, 1.82) is 0 Å². The molecule has 0 atom stereocenters. The largest absolute Gasteiger partial charge is 0.321 e. The number of rotatable bonds is 2. The van der Waals surface area contributed by atoms with Gasteiger partial charge in [0.05, 0.1) is 19.8 Å². The molecule has 2 rings (SSSR count). The third kappa shape index (κ3) is 3.25. The van der Waals surface area contributed by atoms with Gasteiger partial charge in [0, 0.05) is 0 Å². The molecule has 0 bridgehead atoms. The van der Waals surface area contributed by atoms with Crippen LogP contribution in [0.2, 0.25) is 5.02 Å². The summed E-state index contributed by atoms with van der Waals surface area (Å²) in [4.78, 5) is 12.1. The van der Waals surface area contributed by atoms with Gasteiger partial charge < -0.3 is 5.32 Å². The molecule has 0 aromatic heterocycles. The van der Waals surface area contributed by atoms with Crippen molar-refractivity contribution in [3.8, 4) is 0 Å². The van der Waals surface area contributed by atoms with Crippen molar-refractivity contribution in [2.75, 3.05) is 5.32 Å². The number of benzene rings is 2. The SMILES string of the molecule is Cc1ccc(C(=O)Nc2cccc(F)c2I)c(Cl)c1. The number of hydrogen-bond donors (Lipinski definition) is 1. The van der Waals surface area contributed by atoms with E-state index in [0.29, 0.717) is 19.8 Å². The van der Waals surface area contributed by atoms with Crippen LogP contribution in [0, 0.1) is 16.3 Å². The predicted molar refractivity (Wildman–Crippen MR) is 83.3 cm³/mol. The van der Waals surface area contributed by atoms with Crippen molar-refractivity contribution >= 4 is 45.8 Å². The molecule has 0 unspecified atom stereocenters. The Balaban J connectivity index is 2.28. The molecular formula is C14H10ClFINO. The Morgan fingerprint density at radius 1 is 1.32 bits per heavy atom. The van der Waals surface area contributed by atoms with Gasteiger partial charge in [0.2, 0.25) is 0 Å². The van der Waals surface area contributed by atoms with Gasteiger partial charge in [0.15, 0.2) is 0 Å².